The van der Waals surface area contributed by atoms with Gasteiger partial charge in [-0.05, 0) is 31.4 Å². The van der Waals surface area contributed by atoms with Gasteiger partial charge in [-0.2, -0.15) is 0 Å². The van der Waals surface area contributed by atoms with Gasteiger partial charge in [0.25, 0.3) is 0 Å². The first kappa shape index (κ1) is 16.1. The Morgan fingerprint density at radius 3 is 2.68 bits per heavy atom. The first-order valence-corrected chi connectivity index (χ1v) is 7.41. The highest BCUT2D eigenvalue weighted by Gasteiger charge is 2.15. The average molecular weight is 285 g/mol. The first-order chi connectivity index (χ1) is 8.95. The van der Waals surface area contributed by atoms with Gasteiger partial charge in [0.1, 0.15) is 4.88 Å². The zero-order valence-electron chi connectivity index (χ0n) is 12.0. The van der Waals surface area contributed by atoms with Crippen LogP contribution in [0.5, 0.6) is 0 Å². The number of hydrogen-bond donors (Lipinski definition) is 2. The molecule has 1 aromatic heterocycles. The number of aryl methyl sites for hydroxylation is 1. The van der Waals surface area contributed by atoms with Crippen LogP contribution in [0.25, 0.3) is 0 Å². The Morgan fingerprint density at radius 1 is 1.53 bits per heavy atom. The van der Waals surface area contributed by atoms with Crippen LogP contribution in [0.2, 0.25) is 0 Å². The van der Waals surface area contributed by atoms with Gasteiger partial charge in [-0.15, -0.1) is 11.3 Å². The molecule has 1 aromatic rings. The molecule has 0 fully saturated rings. The number of carbonyl (C=O) groups is 1. The second-order valence-electron chi connectivity index (χ2n) is 4.89. The molecular weight excluding hydrogens is 262 g/mol. The van der Waals surface area contributed by atoms with Crippen molar-refractivity contribution in [2.24, 2.45) is 5.92 Å². The first-order valence-electron chi connectivity index (χ1n) is 6.59. The lowest BCUT2D eigenvalue weighted by atomic mass is 10.1. The highest BCUT2D eigenvalue weighted by molar-refractivity contribution is 7.14. The predicted octanol–water partition coefficient (Wildman–Crippen LogP) is 2.91. The van der Waals surface area contributed by atoms with Crippen molar-refractivity contribution in [1.82, 2.24) is 5.32 Å². The second-order valence-corrected chi connectivity index (χ2v) is 6.14. The van der Waals surface area contributed by atoms with E-state index in [2.05, 4.69) is 19.2 Å². The smallest absolute Gasteiger partial charge is 0.345 e. The SMILES string of the molecule is CCOCC(NCc1cc(C(=O)O)sc1C)C(C)C. The maximum atomic E-state index is 10.9. The van der Waals surface area contributed by atoms with E-state index in [0.717, 1.165) is 10.4 Å². The summed E-state index contributed by atoms with van der Waals surface area (Å²) >= 11 is 1.33. The fraction of sp³-hybridized carbons (Fsp3) is 0.643. The molecule has 0 bridgehead atoms. The molecule has 0 aromatic carbocycles. The number of ether oxygens (including phenoxy) is 1. The summed E-state index contributed by atoms with van der Waals surface area (Å²) in [5.41, 5.74) is 1.06. The van der Waals surface area contributed by atoms with Crippen LogP contribution >= 0.6 is 11.3 Å². The fourth-order valence-corrected chi connectivity index (χ4v) is 2.65. The monoisotopic (exact) mass is 285 g/mol. The minimum Gasteiger partial charge on any atom is -0.477 e. The summed E-state index contributed by atoms with van der Waals surface area (Å²) in [5.74, 6) is -0.376. The maximum absolute atomic E-state index is 10.9. The molecule has 5 heteroatoms. The number of thiophene rings is 1. The van der Waals surface area contributed by atoms with Crippen LogP contribution in [0.4, 0.5) is 0 Å². The Balaban J connectivity index is 2.60. The van der Waals surface area contributed by atoms with Crippen LogP contribution in [0.1, 0.15) is 40.9 Å². The van der Waals surface area contributed by atoms with Crippen LogP contribution < -0.4 is 5.32 Å². The molecule has 1 unspecified atom stereocenters. The van der Waals surface area contributed by atoms with E-state index in [0.29, 0.717) is 30.6 Å². The maximum Gasteiger partial charge on any atom is 0.345 e. The standard InChI is InChI=1S/C14H23NO3S/c1-5-18-8-12(9(2)3)15-7-11-6-13(14(16)17)19-10(11)4/h6,9,12,15H,5,7-8H2,1-4H3,(H,16,17). The quantitative estimate of drug-likeness (QED) is 0.771. The lowest BCUT2D eigenvalue weighted by molar-refractivity contribution is 0.0702. The molecule has 0 saturated carbocycles. The highest BCUT2D eigenvalue weighted by atomic mass is 32.1. The Kier molecular flexibility index (Phi) is 6.48. The number of aromatic carboxylic acids is 1. The van der Waals surface area contributed by atoms with E-state index in [9.17, 15) is 4.79 Å². The molecule has 0 aliphatic heterocycles. The molecule has 1 atom stereocenters. The molecule has 108 valence electrons. The van der Waals surface area contributed by atoms with E-state index >= 15 is 0 Å². The van der Waals surface area contributed by atoms with Crippen molar-refractivity contribution in [2.75, 3.05) is 13.2 Å². The molecule has 0 aliphatic rings. The zero-order chi connectivity index (χ0) is 14.4. The molecule has 1 heterocycles. The van der Waals surface area contributed by atoms with E-state index in [1.54, 1.807) is 6.07 Å². The van der Waals surface area contributed by atoms with Crippen molar-refractivity contribution < 1.29 is 14.6 Å². The summed E-state index contributed by atoms with van der Waals surface area (Å²) in [6, 6.07) is 2.04. The Morgan fingerprint density at radius 2 is 2.21 bits per heavy atom. The van der Waals surface area contributed by atoms with Gasteiger partial charge >= 0.3 is 5.97 Å². The lowest BCUT2D eigenvalue weighted by Crippen LogP contribution is -2.37. The molecule has 2 N–H and O–H groups in total. The van der Waals surface area contributed by atoms with Gasteiger partial charge < -0.3 is 15.2 Å². The molecule has 0 aliphatic carbocycles. The number of hydrogen-bond acceptors (Lipinski definition) is 4. The molecule has 0 amide bonds. The summed E-state index contributed by atoms with van der Waals surface area (Å²) in [6.45, 7) is 10.3. The summed E-state index contributed by atoms with van der Waals surface area (Å²) < 4.78 is 5.47. The van der Waals surface area contributed by atoms with E-state index < -0.39 is 5.97 Å². The summed E-state index contributed by atoms with van der Waals surface area (Å²) in [4.78, 5) is 12.4. The minimum atomic E-state index is -0.853. The second kappa shape index (κ2) is 7.62. The topological polar surface area (TPSA) is 58.6 Å². The van der Waals surface area contributed by atoms with Crippen molar-refractivity contribution >= 4 is 17.3 Å². The van der Waals surface area contributed by atoms with Gasteiger partial charge in [0, 0.05) is 24.1 Å². The number of rotatable bonds is 8. The van der Waals surface area contributed by atoms with Crippen LogP contribution in [0.15, 0.2) is 6.07 Å². The number of carboxylic acid groups (broad SMARTS) is 1. The number of nitrogens with one attached hydrogen (secondary N) is 1. The molecule has 0 saturated heterocycles. The molecule has 0 radical (unpaired) electrons. The third-order valence-corrected chi connectivity index (χ3v) is 4.17. The van der Waals surface area contributed by atoms with E-state index in [4.69, 9.17) is 9.84 Å². The Hall–Kier alpha value is -0.910. The van der Waals surface area contributed by atoms with E-state index in [-0.39, 0.29) is 6.04 Å². The molecule has 19 heavy (non-hydrogen) atoms. The third-order valence-electron chi connectivity index (χ3n) is 3.09. The van der Waals surface area contributed by atoms with Crippen LogP contribution in [-0.2, 0) is 11.3 Å². The van der Waals surface area contributed by atoms with Crippen molar-refractivity contribution in [3.63, 3.8) is 0 Å². The third kappa shape index (κ3) is 4.93. The van der Waals surface area contributed by atoms with E-state index in [1.807, 2.05) is 13.8 Å². The van der Waals surface area contributed by atoms with Gasteiger partial charge in [0.05, 0.1) is 6.61 Å². The van der Waals surface area contributed by atoms with Crippen molar-refractivity contribution in [3.8, 4) is 0 Å². The van der Waals surface area contributed by atoms with Crippen LogP contribution in [0.3, 0.4) is 0 Å². The molecule has 1 rings (SSSR count). The van der Waals surface area contributed by atoms with Gasteiger partial charge in [0.15, 0.2) is 0 Å². The van der Waals surface area contributed by atoms with Crippen LogP contribution in [-0.4, -0.2) is 30.3 Å². The van der Waals surface area contributed by atoms with Crippen LogP contribution in [0, 0.1) is 12.8 Å². The highest BCUT2D eigenvalue weighted by Crippen LogP contribution is 2.21. The van der Waals surface area contributed by atoms with Gasteiger partial charge in [0.2, 0.25) is 0 Å². The van der Waals surface area contributed by atoms with Crippen molar-refractivity contribution in [3.05, 3.63) is 21.4 Å². The number of carboxylic acids is 1. The van der Waals surface area contributed by atoms with Crippen molar-refractivity contribution in [1.29, 1.82) is 0 Å². The van der Waals surface area contributed by atoms with Gasteiger partial charge in [-0.25, -0.2) is 4.79 Å². The largest absolute Gasteiger partial charge is 0.477 e. The molecule has 0 spiro atoms. The molecular formula is C14H23NO3S. The zero-order valence-corrected chi connectivity index (χ0v) is 12.8. The lowest BCUT2D eigenvalue weighted by Gasteiger charge is -2.22. The normalized spacial score (nSPS) is 12.9. The summed E-state index contributed by atoms with van der Waals surface area (Å²) in [6.07, 6.45) is 0. The fourth-order valence-electron chi connectivity index (χ4n) is 1.77. The molecule has 4 nitrogen and oxygen atoms in total. The van der Waals surface area contributed by atoms with Gasteiger partial charge in [-0.1, -0.05) is 13.8 Å². The van der Waals surface area contributed by atoms with Gasteiger partial charge in [-0.3, -0.25) is 0 Å². The minimum absolute atomic E-state index is 0.285. The summed E-state index contributed by atoms with van der Waals surface area (Å²) in [5, 5.41) is 12.4. The Labute approximate surface area is 118 Å². The average Bonchev–Trinajstić information content (AvgIpc) is 2.71. The predicted molar refractivity (Wildman–Crippen MR) is 78.0 cm³/mol. The summed E-state index contributed by atoms with van der Waals surface area (Å²) in [7, 11) is 0. The Bertz CT molecular complexity index is 415. The van der Waals surface area contributed by atoms with Crippen molar-refractivity contribution in [2.45, 2.75) is 40.3 Å². The van der Waals surface area contributed by atoms with E-state index in [1.165, 1.54) is 11.3 Å².